The number of nitrogens with zero attached hydrogens (tertiary/aromatic N) is 1. The maximum Gasteiger partial charge on any atom is 0.329 e. The maximum absolute atomic E-state index is 12.0. The number of hydrogen-bond acceptors (Lipinski definition) is 7. The van der Waals surface area contributed by atoms with Crippen LogP contribution in [0.5, 0.6) is 5.75 Å². The van der Waals surface area contributed by atoms with Gasteiger partial charge < -0.3 is 20.2 Å². The summed E-state index contributed by atoms with van der Waals surface area (Å²) in [4.78, 5) is 27.4. The van der Waals surface area contributed by atoms with Crippen molar-refractivity contribution in [3.63, 3.8) is 0 Å². The summed E-state index contributed by atoms with van der Waals surface area (Å²) in [7, 11) is 1.39. The van der Waals surface area contributed by atoms with Crippen LogP contribution in [0, 0.1) is 10.1 Å². The predicted octanol–water partition coefficient (Wildman–Crippen LogP) is 3.88. The highest BCUT2D eigenvalue weighted by molar-refractivity contribution is 7.80. The molecule has 3 N–H and O–H groups in total. The molecule has 0 saturated heterocycles. The monoisotopic (exact) mass is 506 g/mol. The Morgan fingerprint density at radius 1 is 1.23 bits per heavy atom. The molecule has 0 amide bonds. The molecule has 2 aromatic rings. The number of hydrogen-bond donors (Lipinski definition) is 3. The Hall–Kier alpha value is -2.37. The Morgan fingerprint density at radius 3 is 2.48 bits per heavy atom. The SMILES string of the molecule is COc1ccc([N+](=O)[O-])cc1NC(=S)N[C@@H](NOC(=O)Cc1ccccc1)C(Cl)(Cl)Cl. The molecular weight excluding hydrogens is 491 g/mol. The highest BCUT2D eigenvalue weighted by atomic mass is 35.6. The van der Waals surface area contributed by atoms with Crippen molar-refractivity contribution in [3.8, 4) is 5.75 Å². The first-order valence-corrected chi connectivity index (χ1v) is 10.1. The molecule has 0 aliphatic rings. The molecule has 0 radical (unpaired) electrons. The van der Waals surface area contributed by atoms with E-state index in [1.54, 1.807) is 24.3 Å². The maximum atomic E-state index is 12.0. The average Bonchev–Trinajstić information content (AvgIpc) is 2.70. The number of rotatable bonds is 8. The van der Waals surface area contributed by atoms with Gasteiger partial charge in [0.2, 0.25) is 3.79 Å². The van der Waals surface area contributed by atoms with Crippen molar-refractivity contribution in [3.05, 3.63) is 64.2 Å². The van der Waals surface area contributed by atoms with Crippen LogP contribution in [0.2, 0.25) is 0 Å². The van der Waals surface area contributed by atoms with E-state index in [-0.39, 0.29) is 22.9 Å². The van der Waals surface area contributed by atoms with Gasteiger partial charge in [-0.05, 0) is 23.8 Å². The first-order chi connectivity index (χ1) is 14.6. The summed E-state index contributed by atoms with van der Waals surface area (Å²) in [5.74, 6) is -0.325. The van der Waals surface area contributed by atoms with Crippen LogP contribution in [0.3, 0.4) is 0 Å². The summed E-state index contributed by atoms with van der Waals surface area (Å²) in [6.45, 7) is 0. The summed E-state index contributed by atoms with van der Waals surface area (Å²) < 4.78 is 3.17. The number of ether oxygens (including phenoxy) is 1. The molecule has 0 bridgehead atoms. The zero-order chi connectivity index (χ0) is 23.0. The number of non-ortho nitro benzene ring substituents is 1. The van der Waals surface area contributed by atoms with Gasteiger partial charge in [-0.15, -0.1) is 5.48 Å². The van der Waals surface area contributed by atoms with Crippen molar-refractivity contribution < 1.29 is 19.3 Å². The molecule has 31 heavy (non-hydrogen) atoms. The highest BCUT2D eigenvalue weighted by Crippen LogP contribution is 2.31. The number of thiocarbonyl (C=S) groups is 1. The fourth-order valence-electron chi connectivity index (χ4n) is 2.30. The Kier molecular flexibility index (Phi) is 9.08. The van der Waals surface area contributed by atoms with E-state index >= 15 is 0 Å². The third-order valence-electron chi connectivity index (χ3n) is 3.73. The number of nitro benzene ring substituents is 1. The quantitative estimate of drug-likeness (QED) is 0.161. The lowest BCUT2D eigenvalue weighted by atomic mass is 10.2. The number of alkyl halides is 3. The standard InChI is InChI=1S/C18H17Cl3N4O5S/c1-29-14-8-7-12(25(27)28)10-13(14)22-17(31)23-16(18(19,20)21)24-30-15(26)9-11-5-3-2-4-6-11/h2-8,10,16,24H,9H2,1H3,(H2,22,23,31)/t16-/m0/s1. The summed E-state index contributed by atoms with van der Waals surface area (Å²) in [6, 6.07) is 12.8. The van der Waals surface area contributed by atoms with Crippen molar-refractivity contribution >= 4 is 69.5 Å². The lowest BCUT2D eigenvalue weighted by molar-refractivity contribution is -0.384. The molecule has 2 aromatic carbocycles. The summed E-state index contributed by atoms with van der Waals surface area (Å²) in [6.07, 6.45) is -1.25. The third kappa shape index (κ3) is 8.00. The number of methoxy groups -OCH3 is 1. The van der Waals surface area contributed by atoms with Gasteiger partial charge in [-0.1, -0.05) is 65.1 Å². The van der Waals surface area contributed by atoms with E-state index in [1.165, 1.54) is 25.3 Å². The van der Waals surface area contributed by atoms with E-state index in [2.05, 4.69) is 16.1 Å². The van der Waals surface area contributed by atoms with Gasteiger partial charge in [0.1, 0.15) is 5.75 Å². The van der Waals surface area contributed by atoms with Crippen LogP contribution >= 0.6 is 47.0 Å². The number of carbonyl (C=O) groups excluding carboxylic acids is 1. The van der Waals surface area contributed by atoms with E-state index < -0.39 is 20.9 Å². The lowest BCUT2D eigenvalue weighted by Gasteiger charge is -2.27. The highest BCUT2D eigenvalue weighted by Gasteiger charge is 2.34. The number of nitrogens with one attached hydrogen (secondary N) is 3. The minimum atomic E-state index is -1.98. The minimum Gasteiger partial charge on any atom is -0.495 e. The molecule has 2 rings (SSSR count). The Morgan fingerprint density at radius 2 is 1.90 bits per heavy atom. The topological polar surface area (TPSA) is 115 Å². The van der Waals surface area contributed by atoms with Crippen LogP contribution in [-0.2, 0) is 16.1 Å². The van der Waals surface area contributed by atoms with Gasteiger partial charge >= 0.3 is 5.97 Å². The third-order valence-corrected chi connectivity index (χ3v) is 4.60. The molecule has 0 aliphatic carbocycles. The zero-order valence-corrected chi connectivity index (χ0v) is 19.0. The molecule has 0 saturated carbocycles. The second kappa shape index (κ2) is 11.3. The molecule has 13 heteroatoms. The molecule has 0 aliphatic heterocycles. The van der Waals surface area contributed by atoms with E-state index in [9.17, 15) is 14.9 Å². The average molecular weight is 508 g/mol. The predicted molar refractivity (Wildman–Crippen MR) is 122 cm³/mol. The molecule has 0 heterocycles. The van der Waals surface area contributed by atoms with Gasteiger partial charge in [-0.3, -0.25) is 14.9 Å². The van der Waals surface area contributed by atoms with Crippen LogP contribution in [-0.4, -0.2) is 33.1 Å². The fourth-order valence-corrected chi connectivity index (χ4v) is 2.82. The largest absolute Gasteiger partial charge is 0.495 e. The Bertz CT molecular complexity index is 944. The Labute approximate surface area is 198 Å². The lowest BCUT2D eigenvalue weighted by Crippen LogP contribution is -2.54. The molecule has 0 unspecified atom stereocenters. The van der Waals surface area contributed by atoms with Gasteiger partial charge in [0, 0.05) is 12.1 Å². The Balaban J connectivity index is 2.02. The van der Waals surface area contributed by atoms with Gasteiger partial charge in [0.15, 0.2) is 11.3 Å². The second-order valence-electron chi connectivity index (χ2n) is 5.97. The molecule has 9 nitrogen and oxygen atoms in total. The minimum absolute atomic E-state index is 0.00596. The summed E-state index contributed by atoms with van der Waals surface area (Å²) in [5, 5.41) is 16.3. The molecule has 0 fully saturated rings. The molecule has 166 valence electrons. The second-order valence-corrected chi connectivity index (χ2v) is 8.75. The van der Waals surface area contributed by atoms with Crippen molar-refractivity contribution in [1.29, 1.82) is 0 Å². The molecule has 0 spiro atoms. The van der Waals surface area contributed by atoms with Gasteiger partial charge in [-0.2, -0.15) is 0 Å². The van der Waals surface area contributed by atoms with Crippen molar-refractivity contribution in [2.75, 3.05) is 12.4 Å². The van der Waals surface area contributed by atoms with E-state index in [4.69, 9.17) is 56.6 Å². The fraction of sp³-hybridized carbons (Fsp3) is 0.222. The van der Waals surface area contributed by atoms with Crippen molar-refractivity contribution in [2.45, 2.75) is 16.4 Å². The van der Waals surface area contributed by atoms with Gasteiger partial charge in [0.25, 0.3) is 5.69 Å². The van der Waals surface area contributed by atoms with Crippen LogP contribution in [0.15, 0.2) is 48.5 Å². The van der Waals surface area contributed by atoms with Crippen LogP contribution in [0.4, 0.5) is 11.4 Å². The van der Waals surface area contributed by atoms with Crippen LogP contribution in [0.1, 0.15) is 5.56 Å². The smallest absolute Gasteiger partial charge is 0.329 e. The first kappa shape index (κ1) is 24.9. The van der Waals surface area contributed by atoms with Crippen molar-refractivity contribution in [2.24, 2.45) is 0 Å². The van der Waals surface area contributed by atoms with Gasteiger partial charge in [-0.25, -0.2) is 0 Å². The van der Waals surface area contributed by atoms with Crippen LogP contribution < -0.4 is 20.9 Å². The zero-order valence-electron chi connectivity index (χ0n) is 15.9. The molecular formula is C18H17Cl3N4O5S. The number of nitro groups is 1. The normalized spacial score (nSPS) is 11.9. The number of benzene rings is 2. The summed E-state index contributed by atoms with van der Waals surface area (Å²) in [5.41, 5.74) is 3.09. The number of anilines is 1. The first-order valence-electron chi connectivity index (χ1n) is 8.56. The number of halogens is 3. The van der Waals surface area contributed by atoms with E-state index in [0.29, 0.717) is 5.75 Å². The van der Waals surface area contributed by atoms with Gasteiger partial charge in [0.05, 0.1) is 24.1 Å². The van der Waals surface area contributed by atoms with E-state index in [0.717, 1.165) is 5.56 Å². The van der Waals surface area contributed by atoms with Crippen molar-refractivity contribution in [1.82, 2.24) is 10.8 Å². The van der Waals surface area contributed by atoms with E-state index in [1.807, 2.05) is 6.07 Å². The van der Waals surface area contributed by atoms with Crippen LogP contribution in [0.25, 0.3) is 0 Å². The number of hydroxylamine groups is 1. The molecule has 1 atom stereocenters. The number of carbonyl (C=O) groups is 1. The summed E-state index contributed by atoms with van der Waals surface area (Å²) >= 11 is 23.0. The molecule has 0 aromatic heterocycles.